The number of hydrogen-bond donors (Lipinski definition) is 3. The maximum absolute atomic E-state index is 12.0. The molecular weight excluding hydrogens is 654 g/mol. The molecule has 0 aromatic rings. The Morgan fingerprint density at radius 1 is 0.788 bits per heavy atom. The number of hydrogen-bond acceptors (Lipinski definition) is 8. The normalized spacial score (nSPS) is 26.2. The summed E-state index contributed by atoms with van der Waals surface area (Å²) >= 11 is 0. The Hall–Kier alpha value is -0.610. The van der Waals surface area contributed by atoms with E-state index in [0.717, 1.165) is 51.4 Å². The second-order valence-electron chi connectivity index (χ2n) is 15.0. The minimum Gasteiger partial charge on any atom is -0.376 e. The monoisotopic (exact) mass is 750 g/mol. The molecule has 0 aromatic carbocycles. The van der Waals surface area contributed by atoms with Crippen LogP contribution in [0.4, 0.5) is 0 Å². The van der Waals surface area contributed by atoms with Gasteiger partial charge in [-0.3, -0.25) is 0 Å². The van der Waals surface area contributed by atoms with Crippen LogP contribution in [0.2, 0.25) is 0 Å². The number of nitrogens with one attached hydrogen (secondary N) is 1. The van der Waals surface area contributed by atoms with Gasteiger partial charge < -0.3 is 39.3 Å². The summed E-state index contributed by atoms with van der Waals surface area (Å²) in [5, 5.41) is 21.4. The molecule has 8 heteroatoms. The molecule has 6 unspecified atom stereocenters. The lowest BCUT2D eigenvalue weighted by molar-refractivity contribution is -0.245. The lowest BCUT2D eigenvalue weighted by atomic mass is 9.80. The predicted octanol–water partition coefficient (Wildman–Crippen LogP) is 10.8. The second-order valence-corrected chi connectivity index (χ2v) is 15.0. The van der Waals surface area contributed by atoms with Crippen LogP contribution >= 0.6 is 0 Å². The fourth-order valence-electron chi connectivity index (χ4n) is 7.35. The van der Waals surface area contributed by atoms with E-state index in [1.54, 1.807) is 0 Å². The van der Waals surface area contributed by atoms with Gasteiger partial charge in [-0.1, -0.05) is 118 Å². The molecule has 2 fully saturated rings. The zero-order chi connectivity index (χ0) is 41.6. The molecule has 11 atom stereocenters. The predicted molar refractivity (Wildman–Crippen MR) is 224 cm³/mol. The molecule has 1 aliphatic carbocycles. The summed E-state index contributed by atoms with van der Waals surface area (Å²) < 4.78 is 24.6. The average molecular weight is 750 g/mol. The van der Waals surface area contributed by atoms with Gasteiger partial charge in [-0.2, -0.15) is 0 Å². The van der Waals surface area contributed by atoms with Crippen LogP contribution < -0.4 is 5.32 Å². The Labute approximate surface area is 325 Å². The van der Waals surface area contributed by atoms with Crippen molar-refractivity contribution in [2.24, 2.45) is 35.5 Å². The number of ether oxygens (including phenoxy) is 4. The van der Waals surface area contributed by atoms with E-state index in [1.165, 1.54) is 20.5 Å². The molecule has 52 heavy (non-hydrogen) atoms. The number of carbonyl (C=O) groups excluding carboxylic acids is 1. The summed E-state index contributed by atoms with van der Waals surface area (Å²) in [6.07, 6.45) is 8.93. The molecule has 0 bridgehead atoms. The third kappa shape index (κ3) is 26.2. The van der Waals surface area contributed by atoms with Crippen molar-refractivity contribution in [1.82, 2.24) is 5.32 Å². The van der Waals surface area contributed by atoms with E-state index < -0.39 is 11.9 Å². The van der Waals surface area contributed by atoms with Crippen LogP contribution in [-0.2, 0) is 23.7 Å². The molecule has 1 saturated carbocycles. The van der Waals surface area contributed by atoms with E-state index in [1.807, 2.05) is 69.2 Å². The van der Waals surface area contributed by atoms with Crippen molar-refractivity contribution in [3.05, 3.63) is 0 Å². The highest BCUT2D eigenvalue weighted by molar-refractivity contribution is 5.53. The maximum atomic E-state index is 12.0. The Morgan fingerprint density at radius 2 is 1.29 bits per heavy atom. The fraction of sp³-hybridized carbons (Fsp3) is 0.977. The molecule has 8 nitrogen and oxygen atoms in total. The number of carbonyl (C=O) groups is 1. The first-order chi connectivity index (χ1) is 24.5. The van der Waals surface area contributed by atoms with Gasteiger partial charge in [-0.15, -0.1) is 0 Å². The van der Waals surface area contributed by atoms with Gasteiger partial charge in [-0.05, 0) is 89.0 Å². The first-order valence-corrected chi connectivity index (χ1v) is 21.6. The minimum atomic E-state index is -1.70. The second kappa shape index (κ2) is 34.8. The molecule has 0 aromatic heterocycles. The molecule has 1 saturated heterocycles. The third-order valence-corrected chi connectivity index (χ3v) is 9.49. The highest BCUT2D eigenvalue weighted by Crippen LogP contribution is 2.36. The molecule has 3 N–H and O–H groups in total. The van der Waals surface area contributed by atoms with Crippen molar-refractivity contribution in [2.45, 2.75) is 232 Å². The first-order valence-electron chi connectivity index (χ1n) is 21.6. The quantitative estimate of drug-likeness (QED) is 0.0767. The Balaban J connectivity index is -0.000000572. The van der Waals surface area contributed by atoms with Gasteiger partial charge in [-0.25, -0.2) is 0 Å². The van der Waals surface area contributed by atoms with E-state index in [9.17, 15) is 4.79 Å². The first kappa shape index (κ1) is 58.1. The summed E-state index contributed by atoms with van der Waals surface area (Å²) in [6, 6.07) is 0.501. The highest BCUT2D eigenvalue weighted by atomic mass is 16.7. The van der Waals surface area contributed by atoms with E-state index in [4.69, 9.17) is 29.2 Å². The number of methoxy groups -OCH3 is 1. The summed E-state index contributed by atoms with van der Waals surface area (Å²) in [7, 11) is 1.46. The number of aldehydes is 1. The van der Waals surface area contributed by atoms with Crippen molar-refractivity contribution in [1.29, 1.82) is 0 Å². The van der Waals surface area contributed by atoms with Crippen LogP contribution in [0.15, 0.2) is 0 Å². The largest absolute Gasteiger partial charge is 0.376 e. The lowest BCUT2D eigenvalue weighted by Crippen LogP contribution is -2.46. The van der Waals surface area contributed by atoms with E-state index >= 15 is 0 Å². The van der Waals surface area contributed by atoms with Crippen molar-refractivity contribution >= 4 is 6.29 Å². The van der Waals surface area contributed by atoms with Crippen LogP contribution in [0, 0.1) is 35.5 Å². The van der Waals surface area contributed by atoms with Crippen molar-refractivity contribution in [3.8, 4) is 0 Å². The Bertz CT molecular complexity index is 737. The van der Waals surface area contributed by atoms with Gasteiger partial charge in [0.1, 0.15) is 12.4 Å². The van der Waals surface area contributed by atoms with Crippen LogP contribution in [0.3, 0.4) is 0 Å². The Morgan fingerprint density at radius 3 is 1.67 bits per heavy atom. The average Bonchev–Trinajstić information content (AvgIpc) is 3.10. The summed E-state index contributed by atoms with van der Waals surface area (Å²) in [4.78, 5) is 12.0. The maximum Gasteiger partial charge on any atom is 0.186 e. The zero-order valence-corrected chi connectivity index (χ0v) is 38.4. The van der Waals surface area contributed by atoms with Gasteiger partial charge in [0.15, 0.2) is 12.1 Å². The minimum absolute atomic E-state index is 0.0117. The smallest absolute Gasteiger partial charge is 0.186 e. The SMILES string of the molecule is CC.CC.CC.CC.CC1CC(C)CC(O[C@H](C(C)C=O)[C@H](C)[C@@H](OC2CC(C)CC(C)O2)[C@@H](C)CCCNC(C)C)C1.CC[C@@H](OC)C(C)(O)O. The van der Waals surface area contributed by atoms with Gasteiger partial charge in [0, 0.05) is 31.4 Å². The van der Waals surface area contributed by atoms with Crippen molar-refractivity contribution < 1.29 is 34.0 Å². The van der Waals surface area contributed by atoms with Crippen LogP contribution in [-0.4, -0.2) is 78.8 Å². The van der Waals surface area contributed by atoms with Gasteiger partial charge in [0.2, 0.25) is 0 Å². The third-order valence-electron chi connectivity index (χ3n) is 9.49. The molecule has 2 aliphatic rings. The van der Waals surface area contributed by atoms with Gasteiger partial charge >= 0.3 is 0 Å². The van der Waals surface area contributed by atoms with Crippen molar-refractivity contribution in [3.63, 3.8) is 0 Å². The van der Waals surface area contributed by atoms with Crippen LogP contribution in [0.5, 0.6) is 0 Å². The summed E-state index contributed by atoms with van der Waals surface area (Å²) in [5.74, 6) is 0.522. The fourth-order valence-corrected chi connectivity index (χ4v) is 7.35. The van der Waals surface area contributed by atoms with E-state index in [0.29, 0.717) is 36.1 Å². The molecule has 0 spiro atoms. The topological polar surface area (TPSA) is 106 Å². The summed E-state index contributed by atoms with van der Waals surface area (Å²) in [5.41, 5.74) is 0. The van der Waals surface area contributed by atoms with Crippen LogP contribution in [0.1, 0.15) is 183 Å². The van der Waals surface area contributed by atoms with Crippen molar-refractivity contribution in [2.75, 3.05) is 13.7 Å². The lowest BCUT2D eigenvalue weighted by Gasteiger charge is -2.42. The molecule has 0 amide bonds. The van der Waals surface area contributed by atoms with Gasteiger partial charge in [0.05, 0.1) is 24.4 Å². The Kier molecular flexibility index (Phi) is 38.9. The standard InChI is InChI=1S/C30H57NO4.C6H14O3.4C2H6/c1-19(2)31-12-10-11-23(6)29(35-28-17-22(5)14-25(8)33-28)26(9)30(24(7)18-32)34-27-15-20(3)13-21(4)16-27;1-4-5(9-3)6(2,7)8;4*1-2/h18-31H,10-17H2,1-9H3;5,7-8H,4H2,1-3H3;4*1-2H3/t20?,21?,22?,23-,24?,25?,26+,27?,28?,29-,30+;5-;;;;/m01..../s1. The molecule has 0 radical (unpaired) electrons. The highest BCUT2D eigenvalue weighted by Gasteiger charge is 2.39. The molecule has 1 aliphatic heterocycles. The molecular formula is C44H95NO7. The molecule has 2 rings (SSSR count). The molecule has 1 heterocycles. The van der Waals surface area contributed by atoms with Gasteiger partial charge in [0.25, 0.3) is 0 Å². The van der Waals surface area contributed by atoms with Crippen LogP contribution in [0.25, 0.3) is 0 Å². The molecule has 318 valence electrons. The summed E-state index contributed by atoms with van der Waals surface area (Å²) in [6.45, 7) is 40.2. The zero-order valence-electron chi connectivity index (χ0n) is 38.4. The number of rotatable bonds is 17. The van der Waals surface area contributed by atoms with E-state index in [-0.39, 0.29) is 42.5 Å². The van der Waals surface area contributed by atoms with E-state index in [2.05, 4.69) is 60.7 Å². The number of aliphatic hydroxyl groups is 2.